The van der Waals surface area contributed by atoms with E-state index in [0.717, 1.165) is 28.3 Å². The maximum Gasteiger partial charge on any atom is 0.236 e. The van der Waals surface area contributed by atoms with Gasteiger partial charge >= 0.3 is 0 Å². The Bertz CT molecular complexity index is 740. The second-order valence-electron chi connectivity index (χ2n) is 5.92. The van der Waals surface area contributed by atoms with Crippen LogP contribution < -0.4 is 5.32 Å². The number of pyridine rings is 1. The summed E-state index contributed by atoms with van der Waals surface area (Å²) in [6.45, 7) is 4.49. The number of nitrogens with zero attached hydrogens (tertiary/aromatic N) is 4. The van der Waals surface area contributed by atoms with E-state index in [2.05, 4.69) is 47.6 Å². The molecule has 3 rings (SSSR count). The van der Waals surface area contributed by atoms with Gasteiger partial charge in [0.05, 0.1) is 5.75 Å². The zero-order valence-corrected chi connectivity index (χ0v) is 16.2. The molecule has 1 N–H and O–H groups in total. The summed E-state index contributed by atoms with van der Waals surface area (Å²) in [5, 5.41) is 12.2. The van der Waals surface area contributed by atoms with Crippen LogP contribution in [0.4, 0.5) is 5.82 Å². The Hall–Kier alpha value is -1.67. The molecule has 8 heteroatoms. The molecule has 0 saturated heterocycles. The Morgan fingerprint density at radius 2 is 2.20 bits per heavy atom. The number of amides is 1. The first-order valence-corrected chi connectivity index (χ1v) is 10.0. The van der Waals surface area contributed by atoms with E-state index in [1.165, 1.54) is 24.6 Å². The number of allylic oxidation sites excluding steroid dienone is 1. The van der Waals surface area contributed by atoms with Crippen LogP contribution in [0.3, 0.4) is 0 Å². The summed E-state index contributed by atoms with van der Waals surface area (Å²) in [6, 6.07) is 3.59. The molecule has 132 valence electrons. The molecule has 0 spiro atoms. The van der Waals surface area contributed by atoms with Gasteiger partial charge in [-0.15, -0.1) is 16.8 Å². The number of halogens is 1. The van der Waals surface area contributed by atoms with Crippen LogP contribution in [0.25, 0.3) is 0 Å². The Morgan fingerprint density at radius 3 is 2.88 bits per heavy atom. The maximum atomic E-state index is 12.1. The number of carbonyl (C=O) groups excluding carboxylic acids is 1. The molecule has 2 aromatic heterocycles. The molecule has 25 heavy (non-hydrogen) atoms. The molecule has 6 nitrogen and oxygen atoms in total. The minimum Gasteiger partial charge on any atom is -0.310 e. The van der Waals surface area contributed by atoms with E-state index in [1.807, 2.05) is 12.1 Å². The molecule has 1 fully saturated rings. The van der Waals surface area contributed by atoms with Crippen LogP contribution in [0.5, 0.6) is 0 Å². The van der Waals surface area contributed by atoms with Gasteiger partial charge in [0.25, 0.3) is 0 Å². The number of anilines is 1. The average Bonchev–Trinajstić information content (AvgIpc) is 3.25. The van der Waals surface area contributed by atoms with E-state index >= 15 is 0 Å². The fraction of sp³-hybridized carbons (Fsp3) is 0.412. The number of hydrogen-bond acceptors (Lipinski definition) is 5. The molecule has 2 heterocycles. The van der Waals surface area contributed by atoms with Gasteiger partial charge in [-0.25, -0.2) is 4.98 Å². The van der Waals surface area contributed by atoms with Crippen LogP contribution in [0.15, 0.2) is 40.6 Å². The van der Waals surface area contributed by atoms with Crippen molar-refractivity contribution in [2.45, 2.75) is 43.3 Å². The summed E-state index contributed by atoms with van der Waals surface area (Å²) in [5.41, 5.74) is 0. The predicted molar refractivity (Wildman–Crippen MR) is 103 cm³/mol. The maximum absolute atomic E-state index is 12.1. The first-order valence-electron chi connectivity index (χ1n) is 8.25. The van der Waals surface area contributed by atoms with Crippen LogP contribution in [0, 0.1) is 0 Å². The molecule has 0 bridgehead atoms. The highest BCUT2D eigenvalue weighted by atomic mass is 79.9. The van der Waals surface area contributed by atoms with E-state index in [1.54, 1.807) is 12.3 Å². The minimum absolute atomic E-state index is 0.115. The molecule has 1 amide bonds. The molecule has 0 aliphatic heterocycles. The van der Waals surface area contributed by atoms with Gasteiger partial charge in [-0.2, -0.15) is 0 Å². The van der Waals surface area contributed by atoms with Crippen LogP contribution in [-0.2, 0) is 11.3 Å². The summed E-state index contributed by atoms with van der Waals surface area (Å²) >= 11 is 4.71. The molecule has 1 aliphatic rings. The third-order valence-corrected chi connectivity index (χ3v) is 5.54. The second-order valence-corrected chi connectivity index (χ2v) is 7.78. The summed E-state index contributed by atoms with van der Waals surface area (Å²) in [6.07, 6.45) is 8.31. The predicted octanol–water partition coefficient (Wildman–Crippen LogP) is 4.01. The second kappa shape index (κ2) is 8.62. The summed E-state index contributed by atoms with van der Waals surface area (Å²) < 4.78 is 2.95. The highest BCUT2D eigenvalue weighted by Crippen LogP contribution is 2.34. The quantitative estimate of drug-likeness (QED) is 0.539. The van der Waals surface area contributed by atoms with Crippen molar-refractivity contribution in [3.8, 4) is 0 Å². The van der Waals surface area contributed by atoms with E-state index < -0.39 is 0 Å². The molecule has 1 aliphatic carbocycles. The van der Waals surface area contributed by atoms with Gasteiger partial charge in [0.15, 0.2) is 5.16 Å². The SMILES string of the molecule is C=CCn1c(SCC(=O)Nc2ccc(Br)cn2)nnc1C1CCCC1. The largest absolute Gasteiger partial charge is 0.310 e. The third kappa shape index (κ3) is 4.70. The molecule has 0 atom stereocenters. The monoisotopic (exact) mass is 421 g/mol. The van der Waals surface area contributed by atoms with Gasteiger partial charge in [-0.3, -0.25) is 4.79 Å². The molecule has 0 unspecified atom stereocenters. The number of nitrogens with one attached hydrogen (secondary N) is 1. The molecular formula is C17H20BrN5OS. The molecule has 1 saturated carbocycles. The van der Waals surface area contributed by atoms with E-state index in [0.29, 0.717) is 18.3 Å². The van der Waals surface area contributed by atoms with Crippen molar-refractivity contribution in [3.63, 3.8) is 0 Å². The van der Waals surface area contributed by atoms with Crippen molar-refractivity contribution in [1.29, 1.82) is 0 Å². The van der Waals surface area contributed by atoms with E-state index in [9.17, 15) is 4.79 Å². The molecule has 2 aromatic rings. The van der Waals surface area contributed by atoms with Gasteiger partial charge < -0.3 is 9.88 Å². The Kier molecular flexibility index (Phi) is 6.25. The molecule has 0 radical (unpaired) electrons. The zero-order valence-electron chi connectivity index (χ0n) is 13.8. The third-order valence-electron chi connectivity index (χ3n) is 4.10. The van der Waals surface area contributed by atoms with E-state index in [4.69, 9.17) is 0 Å². The van der Waals surface area contributed by atoms with Gasteiger partial charge in [0.1, 0.15) is 11.6 Å². The fourth-order valence-electron chi connectivity index (χ4n) is 2.95. The highest BCUT2D eigenvalue weighted by Gasteiger charge is 2.24. The van der Waals surface area contributed by atoms with Gasteiger partial charge in [-0.05, 0) is 40.9 Å². The first-order chi connectivity index (χ1) is 12.2. The molecular weight excluding hydrogens is 402 g/mol. The fourth-order valence-corrected chi connectivity index (χ4v) is 3.94. The average molecular weight is 422 g/mol. The van der Waals surface area contributed by atoms with Gasteiger partial charge in [0, 0.05) is 23.1 Å². The summed E-state index contributed by atoms with van der Waals surface area (Å²) in [5.74, 6) is 2.18. The number of rotatable bonds is 7. The van der Waals surface area contributed by atoms with E-state index in [-0.39, 0.29) is 11.7 Å². The van der Waals surface area contributed by atoms with Crippen molar-refractivity contribution >= 4 is 39.4 Å². The van der Waals surface area contributed by atoms with Crippen LogP contribution >= 0.6 is 27.7 Å². The number of hydrogen-bond donors (Lipinski definition) is 1. The van der Waals surface area contributed by atoms with Crippen molar-refractivity contribution in [1.82, 2.24) is 19.7 Å². The lowest BCUT2D eigenvalue weighted by Crippen LogP contribution is -2.15. The number of aromatic nitrogens is 4. The smallest absolute Gasteiger partial charge is 0.236 e. The van der Waals surface area contributed by atoms with Crippen molar-refractivity contribution in [3.05, 3.63) is 41.3 Å². The first kappa shape index (κ1) is 18.1. The summed E-state index contributed by atoms with van der Waals surface area (Å²) in [7, 11) is 0. The lowest BCUT2D eigenvalue weighted by molar-refractivity contribution is -0.113. The highest BCUT2D eigenvalue weighted by molar-refractivity contribution is 9.10. The molecule has 0 aromatic carbocycles. The standard InChI is InChI=1S/C17H20BrN5OS/c1-2-9-23-16(12-5-3-4-6-12)21-22-17(23)25-11-15(24)20-14-8-7-13(18)10-19-14/h2,7-8,10,12H,1,3-6,9,11H2,(H,19,20,24). The Morgan fingerprint density at radius 1 is 1.40 bits per heavy atom. The Labute approximate surface area is 159 Å². The van der Waals surface area contributed by atoms with Crippen LogP contribution in [0.1, 0.15) is 37.4 Å². The van der Waals surface area contributed by atoms with Crippen molar-refractivity contribution in [2.75, 3.05) is 11.1 Å². The van der Waals surface area contributed by atoms with Crippen LogP contribution in [0.2, 0.25) is 0 Å². The number of thioether (sulfide) groups is 1. The van der Waals surface area contributed by atoms with Gasteiger partial charge in [0.2, 0.25) is 5.91 Å². The van der Waals surface area contributed by atoms with Crippen LogP contribution in [-0.4, -0.2) is 31.4 Å². The Balaban J connectivity index is 1.62. The van der Waals surface area contributed by atoms with Crippen molar-refractivity contribution < 1.29 is 4.79 Å². The lowest BCUT2D eigenvalue weighted by atomic mass is 10.1. The topological polar surface area (TPSA) is 72.7 Å². The lowest BCUT2D eigenvalue weighted by Gasteiger charge is -2.11. The normalized spacial score (nSPS) is 14.6. The van der Waals surface area contributed by atoms with Gasteiger partial charge in [-0.1, -0.05) is 30.7 Å². The minimum atomic E-state index is -0.115. The summed E-state index contributed by atoms with van der Waals surface area (Å²) in [4.78, 5) is 16.3. The zero-order chi connectivity index (χ0) is 17.6. The number of carbonyl (C=O) groups is 1. The van der Waals surface area contributed by atoms with Crippen molar-refractivity contribution in [2.24, 2.45) is 0 Å².